The summed E-state index contributed by atoms with van der Waals surface area (Å²) in [6, 6.07) is 0. The van der Waals surface area contributed by atoms with Crippen LogP contribution in [0.15, 0.2) is 4.52 Å². The van der Waals surface area contributed by atoms with Gasteiger partial charge < -0.3 is 9.63 Å². The van der Waals surface area contributed by atoms with E-state index in [1.54, 1.807) is 34.6 Å². The van der Waals surface area contributed by atoms with E-state index < -0.39 is 26.5 Å². The number of sulfonamides is 1. The smallest absolute Gasteiger partial charge is 0.409 e. The Bertz CT molecular complexity index is 694. The molecule has 2 rings (SSSR count). The highest BCUT2D eigenvalue weighted by molar-refractivity contribution is 7.91. The fourth-order valence-electron chi connectivity index (χ4n) is 2.85. The molecule has 1 heterocycles. The molecule has 0 aliphatic heterocycles. The monoisotopic (exact) mass is 345 g/mol. The summed E-state index contributed by atoms with van der Waals surface area (Å²) in [5.41, 5.74) is 0.461. The van der Waals surface area contributed by atoms with Crippen LogP contribution in [0.3, 0.4) is 0 Å². The molecule has 130 valence electrons. The Morgan fingerprint density at radius 3 is 2.30 bits per heavy atom. The van der Waals surface area contributed by atoms with Crippen LogP contribution in [0.25, 0.3) is 0 Å². The minimum atomic E-state index is -3.86. The summed E-state index contributed by atoms with van der Waals surface area (Å²) in [5, 5.41) is 13.3. The first kappa shape index (κ1) is 17.7. The first-order chi connectivity index (χ1) is 10.4. The van der Waals surface area contributed by atoms with Crippen molar-refractivity contribution in [1.29, 1.82) is 0 Å². The van der Waals surface area contributed by atoms with Crippen molar-refractivity contribution >= 4 is 16.1 Å². The summed E-state index contributed by atoms with van der Waals surface area (Å²) >= 11 is 0. The number of rotatable bonds is 5. The van der Waals surface area contributed by atoms with Gasteiger partial charge >= 0.3 is 6.09 Å². The normalized spacial score (nSPS) is 17.1. The molecule has 1 aliphatic rings. The number of nitrogens with one attached hydrogen (secondary N) is 1. The fraction of sp³-hybridized carbons (Fsp3) is 0.714. The van der Waals surface area contributed by atoms with E-state index in [1.165, 1.54) is 0 Å². The highest BCUT2D eigenvalue weighted by Gasteiger charge is 2.63. The molecular weight excluding hydrogens is 322 g/mol. The quantitative estimate of drug-likeness (QED) is 0.844. The van der Waals surface area contributed by atoms with Crippen molar-refractivity contribution in [3.05, 3.63) is 17.0 Å². The van der Waals surface area contributed by atoms with Gasteiger partial charge in [-0.25, -0.2) is 17.9 Å². The molecule has 2 N–H and O–H groups in total. The van der Waals surface area contributed by atoms with Crippen LogP contribution in [-0.2, 0) is 16.6 Å². The minimum Gasteiger partial charge on any atom is -0.465 e. The molecule has 8 nitrogen and oxygen atoms in total. The molecule has 23 heavy (non-hydrogen) atoms. The number of aryl methyl sites for hydroxylation is 2. The van der Waals surface area contributed by atoms with Gasteiger partial charge in [-0.15, -0.1) is 0 Å². The maximum absolute atomic E-state index is 12.8. The molecule has 1 aromatic rings. The van der Waals surface area contributed by atoms with Crippen LogP contribution in [0.2, 0.25) is 0 Å². The zero-order valence-electron chi connectivity index (χ0n) is 14.0. The van der Waals surface area contributed by atoms with E-state index in [0.29, 0.717) is 17.0 Å². The van der Waals surface area contributed by atoms with Gasteiger partial charge in [-0.2, -0.15) is 0 Å². The van der Waals surface area contributed by atoms with Crippen molar-refractivity contribution < 1.29 is 22.8 Å². The van der Waals surface area contributed by atoms with Gasteiger partial charge in [0.1, 0.15) is 5.76 Å². The largest absolute Gasteiger partial charge is 0.465 e. The van der Waals surface area contributed by atoms with Crippen molar-refractivity contribution in [3.63, 3.8) is 0 Å². The van der Waals surface area contributed by atoms with Gasteiger partial charge in [0.25, 0.3) is 0 Å². The van der Waals surface area contributed by atoms with Crippen LogP contribution in [0.4, 0.5) is 4.79 Å². The number of aromatic nitrogens is 1. The summed E-state index contributed by atoms with van der Waals surface area (Å²) in [6.07, 6.45) is -0.668. The zero-order chi connectivity index (χ0) is 17.6. The van der Waals surface area contributed by atoms with Crippen molar-refractivity contribution in [3.8, 4) is 0 Å². The van der Waals surface area contributed by atoms with E-state index >= 15 is 0 Å². The number of hydrogen-bond acceptors (Lipinski definition) is 5. The third-order valence-corrected chi connectivity index (χ3v) is 6.18. The summed E-state index contributed by atoms with van der Waals surface area (Å²) in [4.78, 5) is 11.3. The van der Waals surface area contributed by atoms with E-state index in [1.807, 2.05) is 0 Å². The second kappa shape index (κ2) is 5.48. The summed E-state index contributed by atoms with van der Waals surface area (Å²) < 4.78 is 33.0. The Kier molecular flexibility index (Phi) is 4.23. The van der Waals surface area contributed by atoms with Gasteiger partial charge in [0.15, 0.2) is 4.87 Å². The van der Waals surface area contributed by atoms with Gasteiger partial charge in [-0.05, 0) is 47.5 Å². The number of amides is 1. The molecule has 1 aromatic heterocycles. The summed E-state index contributed by atoms with van der Waals surface area (Å²) in [5.74, 6) is 0.543. The molecule has 9 heteroatoms. The summed E-state index contributed by atoms with van der Waals surface area (Å²) in [7, 11) is -3.86. The third kappa shape index (κ3) is 3.07. The standard InChI is InChI=1S/C14H23N3O5S/c1-9-11(10(2)22-16-9)8-15-23(20,21)14(6-7-14)17(12(18)19)13(3,4)5/h15H,6-8H2,1-5H3,(H,18,19). The van der Waals surface area contributed by atoms with Crippen LogP contribution in [-0.4, -0.2) is 40.1 Å². The van der Waals surface area contributed by atoms with Gasteiger partial charge in [0.2, 0.25) is 10.0 Å². The molecule has 0 spiro atoms. The van der Waals surface area contributed by atoms with Gasteiger partial charge in [-0.3, -0.25) is 4.90 Å². The lowest BCUT2D eigenvalue weighted by Gasteiger charge is -2.39. The van der Waals surface area contributed by atoms with Crippen molar-refractivity contribution in [2.75, 3.05) is 0 Å². The Labute approximate surface area is 135 Å². The second-order valence-electron chi connectivity index (χ2n) is 6.86. The van der Waals surface area contributed by atoms with Crippen molar-refractivity contribution in [1.82, 2.24) is 14.8 Å². The molecule has 0 bridgehead atoms. The minimum absolute atomic E-state index is 0.0306. The first-order valence-electron chi connectivity index (χ1n) is 7.36. The van der Waals surface area contributed by atoms with Gasteiger partial charge in [0, 0.05) is 17.6 Å². The van der Waals surface area contributed by atoms with Gasteiger partial charge in [0.05, 0.1) is 5.69 Å². The summed E-state index contributed by atoms with van der Waals surface area (Å²) in [6.45, 7) is 8.52. The highest BCUT2D eigenvalue weighted by atomic mass is 32.2. The van der Waals surface area contributed by atoms with Crippen LogP contribution < -0.4 is 4.72 Å². The van der Waals surface area contributed by atoms with E-state index in [4.69, 9.17) is 4.52 Å². The lowest BCUT2D eigenvalue weighted by molar-refractivity contribution is 0.0839. The average Bonchev–Trinajstić information content (AvgIpc) is 3.09. The molecule has 1 fully saturated rings. The predicted octanol–water partition coefficient (Wildman–Crippen LogP) is 1.98. The Balaban J connectivity index is 2.27. The van der Waals surface area contributed by atoms with Crippen LogP contribution in [0.5, 0.6) is 0 Å². The second-order valence-corrected chi connectivity index (χ2v) is 8.92. The topological polar surface area (TPSA) is 113 Å². The molecule has 0 aromatic carbocycles. The number of nitrogens with zero attached hydrogens (tertiary/aromatic N) is 2. The molecule has 0 unspecified atom stereocenters. The molecular formula is C14H23N3O5S. The predicted molar refractivity (Wildman–Crippen MR) is 83.3 cm³/mol. The lowest BCUT2D eigenvalue weighted by Crippen LogP contribution is -2.58. The van der Waals surface area contributed by atoms with Gasteiger partial charge in [-0.1, -0.05) is 5.16 Å². The third-order valence-electron chi connectivity index (χ3n) is 4.07. The molecule has 0 atom stereocenters. The Hall–Kier alpha value is -1.61. The maximum Gasteiger partial charge on any atom is 0.409 e. The Morgan fingerprint density at radius 2 is 1.96 bits per heavy atom. The van der Waals surface area contributed by atoms with Crippen LogP contribution in [0, 0.1) is 13.8 Å². The average molecular weight is 345 g/mol. The maximum atomic E-state index is 12.8. The molecule has 1 amide bonds. The highest BCUT2D eigenvalue weighted by Crippen LogP contribution is 2.49. The molecule has 1 saturated carbocycles. The van der Waals surface area contributed by atoms with Crippen LogP contribution >= 0.6 is 0 Å². The molecule has 0 radical (unpaired) electrons. The van der Waals surface area contributed by atoms with Crippen LogP contribution in [0.1, 0.15) is 50.6 Å². The van der Waals surface area contributed by atoms with Crippen molar-refractivity contribution in [2.24, 2.45) is 0 Å². The molecule has 1 aliphatic carbocycles. The van der Waals surface area contributed by atoms with E-state index in [2.05, 4.69) is 9.88 Å². The SMILES string of the molecule is Cc1noc(C)c1CNS(=O)(=O)C1(N(C(=O)O)C(C)(C)C)CC1. The fourth-order valence-corrected chi connectivity index (χ4v) is 4.68. The number of carboxylic acid groups (broad SMARTS) is 1. The van der Waals surface area contributed by atoms with E-state index in [-0.39, 0.29) is 19.4 Å². The van der Waals surface area contributed by atoms with Crippen molar-refractivity contribution in [2.45, 2.75) is 64.4 Å². The van der Waals surface area contributed by atoms with E-state index in [9.17, 15) is 18.3 Å². The molecule has 0 saturated heterocycles. The Morgan fingerprint density at radius 1 is 1.39 bits per heavy atom. The number of carbonyl (C=O) groups is 1. The number of hydrogen-bond donors (Lipinski definition) is 2. The lowest BCUT2D eigenvalue weighted by atomic mass is 10.1. The van der Waals surface area contributed by atoms with E-state index in [0.717, 1.165) is 4.90 Å². The first-order valence-corrected chi connectivity index (χ1v) is 8.85. The zero-order valence-corrected chi connectivity index (χ0v) is 14.8.